The van der Waals surface area contributed by atoms with Crippen molar-refractivity contribution in [1.82, 2.24) is 4.90 Å². The summed E-state index contributed by atoms with van der Waals surface area (Å²) in [6.45, 7) is 0.443. The lowest BCUT2D eigenvalue weighted by Crippen LogP contribution is -2.28. The molecule has 1 aromatic carbocycles. The molecule has 0 atom stereocenters. The second kappa shape index (κ2) is 6.74. The number of thiophene rings is 1. The number of amides is 1. The Balaban J connectivity index is 2.03. The number of likely N-dealkylation sites (N-methyl/N-ethyl adjacent to an activating group) is 1. The smallest absolute Gasteiger partial charge is 0.335 e. The molecular weight excluding hydrogens is 310 g/mol. The van der Waals surface area contributed by atoms with E-state index in [0.717, 1.165) is 0 Å². The molecule has 0 bridgehead atoms. The van der Waals surface area contributed by atoms with Crippen LogP contribution in [0, 0.1) is 0 Å². The topological polar surface area (TPSA) is 57.6 Å². The van der Waals surface area contributed by atoms with Crippen molar-refractivity contribution in [1.29, 1.82) is 0 Å². The minimum atomic E-state index is -0.954. The fourth-order valence-electron chi connectivity index (χ4n) is 1.95. The summed E-state index contributed by atoms with van der Waals surface area (Å²) in [6.07, 6.45) is 0.490. The van der Waals surface area contributed by atoms with Gasteiger partial charge < -0.3 is 10.0 Å². The maximum Gasteiger partial charge on any atom is 0.335 e. The van der Waals surface area contributed by atoms with Gasteiger partial charge in [0, 0.05) is 13.6 Å². The number of carbonyl (C=O) groups is 2. The van der Waals surface area contributed by atoms with Crippen LogP contribution in [0.5, 0.6) is 0 Å². The van der Waals surface area contributed by atoms with E-state index in [9.17, 15) is 9.59 Å². The number of hydrogen-bond acceptors (Lipinski definition) is 3. The van der Waals surface area contributed by atoms with Crippen molar-refractivity contribution in [2.75, 3.05) is 13.6 Å². The van der Waals surface area contributed by atoms with Crippen LogP contribution in [0.2, 0.25) is 4.34 Å². The van der Waals surface area contributed by atoms with Crippen molar-refractivity contribution in [2.45, 2.75) is 6.42 Å². The van der Waals surface area contributed by atoms with Gasteiger partial charge in [-0.3, -0.25) is 4.79 Å². The Kier molecular flexibility index (Phi) is 4.98. The van der Waals surface area contributed by atoms with Gasteiger partial charge in [-0.2, -0.15) is 0 Å². The van der Waals surface area contributed by atoms with E-state index in [-0.39, 0.29) is 11.5 Å². The van der Waals surface area contributed by atoms with Crippen LogP contribution in [0.3, 0.4) is 0 Å². The lowest BCUT2D eigenvalue weighted by molar-refractivity contribution is 0.0695. The second-order valence-electron chi connectivity index (χ2n) is 4.54. The van der Waals surface area contributed by atoms with Crippen LogP contribution >= 0.6 is 22.9 Å². The third-order valence-electron chi connectivity index (χ3n) is 3.10. The van der Waals surface area contributed by atoms with Crippen molar-refractivity contribution < 1.29 is 14.7 Å². The van der Waals surface area contributed by atoms with Crippen LogP contribution < -0.4 is 0 Å². The first-order chi connectivity index (χ1) is 9.99. The Labute approximate surface area is 131 Å². The molecule has 0 saturated carbocycles. The Morgan fingerprint density at radius 1 is 1.24 bits per heavy atom. The molecule has 0 saturated heterocycles. The van der Waals surface area contributed by atoms with Crippen LogP contribution in [-0.4, -0.2) is 35.5 Å². The zero-order valence-electron chi connectivity index (χ0n) is 11.4. The fourth-order valence-corrected chi connectivity index (χ4v) is 2.99. The molecular formula is C15H14ClNO3S. The molecule has 110 valence electrons. The summed E-state index contributed by atoms with van der Waals surface area (Å²) in [5, 5.41) is 9.13. The molecule has 0 aliphatic heterocycles. The van der Waals surface area contributed by atoms with Crippen molar-refractivity contribution in [3.63, 3.8) is 0 Å². The largest absolute Gasteiger partial charge is 0.478 e. The monoisotopic (exact) mass is 323 g/mol. The fraction of sp³-hybridized carbons (Fsp3) is 0.200. The van der Waals surface area contributed by atoms with Gasteiger partial charge in [0.05, 0.1) is 14.8 Å². The number of benzene rings is 1. The SMILES string of the molecule is CN(CCc1ccccc1C(=O)O)C(=O)c1ccc(Cl)s1. The van der Waals surface area contributed by atoms with Gasteiger partial charge in [0.2, 0.25) is 0 Å². The molecule has 6 heteroatoms. The van der Waals surface area contributed by atoms with Crippen LogP contribution in [0.1, 0.15) is 25.6 Å². The molecule has 0 spiro atoms. The van der Waals surface area contributed by atoms with Crippen molar-refractivity contribution >= 4 is 34.8 Å². The van der Waals surface area contributed by atoms with Gasteiger partial charge >= 0.3 is 5.97 Å². The minimum Gasteiger partial charge on any atom is -0.478 e. The normalized spacial score (nSPS) is 10.4. The third kappa shape index (κ3) is 3.83. The van der Waals surface area contributed by atoms with E-state index in [1.807, 2.05) is 0 Å². The van der Waals surface area contributed by atoms with Gasteiger partial charge in [-0.25, -0.2) is 4.79 Å². The minimum absolute atomic E-state index is 0.111. The third-order valence-corrected chi connectivity index (χ3v) is 4.31. The molecule has 2 aromatic rings. The second-order valence-corrected chi connectivity index (χ2v) is 6.26. The lowest BCUT2D eigenvalue weighted by atomic mass is 10.0. The van der Waals surface area contributed by atoms with Crippen LogP contribution in [0.4, 0.5) is 0 Å². The van der Waals surface area contributed by atoms with E-state index in [4.69, 9.17) is 16.7 Å². The first-order valence-corrected chi connectivity index (χ1v) is 7.50. The van der Waals surface area contributed by atoms with E-state index in [1.54, 1.807) is 48.3 Å². The first-order valence-electron chi connectivity index (χ1n) is 6.31. The van der Waals surface area contributed by atoms with Crippen molar-refractivity contribution in [3.05, 3.63) is 56.7 Å². The molecule has 0 radical (unpaired) electrons. The standard InChI is InChI=1S/C15H14ClNO3S/c1-17(14(18)12-6-7-13(16)21-12)9-8-10-4-2-3-5-11(10)15(19)20/h2-7H,8-9H2,1H3,(H,19,20). The molecule has 0 unspecified atom stereocenters. The average molecular weight is 324 g/mol. The maximum atomic E-state index is 12.2. The molecule has 21 heavy (non-hydrogen) atoms. The first kappa shape index (κ1) is 15.5. The summed E-state index contributed by atoms with van der Waals surface area (Å²) < 4.78 is 0.572. The zero-order valence-corrected chi connectivity index (χ0v) is 12.9. The van der Waals surface area contributed by atoms with Crippen molar-refractivity contribution in [2.24, 2.45) is 0 Å². The van der Waals surface area contributed by atoms with Crippen molar-refractivity contribution in [3.8, 4) is 0 Å². The number of carbonyl (C=O) groups excluding carboxylic acids is 1. The van der Waals surface area contributed by atoms with E-state index >= 15 is 0 Å². The summed E-state index contributed by atoms with van der Waals surface area (Å²) in [7, 11) is 1.69. The molecule has 1 aromatic heterocycles. The number of rotatable bonds is 5. The molecule has 1 amide bonds. The predicted octanol–water partition coefficient (Wildman–Crippen LogP) is 3.41. The summed E-state index contributed by atoms with van der Waals surface area (Å²) in [6, 6.07) is 10.2. The Morgan fingerprint density at radius 3 is 2.57 bits per heavy atom. The molecule has 0 fully saturated rings. The molecule has 0 aliphatic rings. The summed E-state index contributed by atoms with van der Waals surface area (Å²) in [5.41, 5.74) is 0.992. The van der Waals surface area contributed by atoms with Crippen LogP contribution in [0.25, 0.3) is 0 Å². The molecule has 4 nitrogen and oxygen atoms in total. The Morgan fingerprint density at radius 2 is 1.95 bits per heavy atom. The Bertz CT molecular complexity index is 668. The highest BCUT2D eigenvalue weighted by molar-refractivity contribution is 7.17. The highest BCUT2D eigenvalue weighted by atomic mass is 35.5. The molecule has 1 N–H and O–H groups in total. The van der Waals surface area contributed by atoms with Gasteiger partial charge in [0.15, 0.2) is 0 Å². The summed E-state index contributed by atoms with van der Waals surface area (Å²) in [4.78, 5) is 25.4. The van der Waals surface area contributed by atoms with Gasteiger partial charge in [-0.1, -0.05) is 29.8 Å². The number of aromatic carboxylic acids is 1. The molecule has 1 heterocycles. The number of hydrogen-bond donors (Lipinski definition) is 1. The van der Waals surface area contributed by atoms with E-state index in [2.05, 4.69) is 0 Å². The number of nitrogens with zero attached hydrogens (tertiary/aromatic N) is 1. The molecule has 0 aliphatic carbocycles. The van der Waals surface area contributed by atoms with E-state index in [1.165, 1.54) is 11.3 Å². The highest BCUT2D eigenvalue weighted by Gasteiger charge is 2.15. The number of carboxylic acid groups (broad SMARTS) is 1. The number of halogens is 1. The van der Waals surface area contributed by atoms with Crippen LogP contribution in [0.15, 0.2) is 36.4 Å². The quantitative estimate of drug-likeness (QED) is 0.917. The van der Waals surface area contributed by atoms with Gasteiger partial charge in [0.25, 0.3) is 5.91 Å². The predicted molar refractivity (Wildman–Crippen MR) is 83.4 cm³/mol. The highest BCUT2D eigenvalue weighted by Crippen LogP contribution is 2.22. The summed E-state index contributed by atoms with van der Waals surface area (Å²) in [5.74, 6) is -1.07. The summed E-state index contributed by atoms with van der Waals surface area (Å²) >= 11 is 7.05. The van der Waals surface area contributed by atoms with Gasteiger partial charge in [-0.05, 0) is 30.2 Å². The molecule has 2 rings (SSSR count). The van der Waals surface area contributed by atoms with Gasteiger partial charge in [-0.15, -0.1) is 11.3 Å². The van der Waals surface area contributed by atoms with E-state index in [0.29, 0.717) is 27.7 Å². The average Bonchev–Trinajstić information content (AvgIpc) is 2.90. The van der Waals surface area contributed by atoms with Gasteiger partial charge in [0.1, 0.15) is 0 Å². The van der Waals surface area contributed by atoms with Crippen LogP contribution in [-0.2, 0) is 6.42 Å². The Hall–Kier alpha value is -1.85. The zero-order chi connectivity index (χ0) is 15.4. The maximum absolute atomic E-state index is 12.2. The number of carboxylic acids is 1. The lowest BCUT2D eigenvalue weighted by Gasteiger charge is -2.16. The van der Waals surface area contributed by atoms with E-state index < -0.39 is 5.97 Å².